The van der Waals surface area contributed by atoms with E-state index in [-0.39, 0.29) is 5.82 Å². The van der Waals surface area contributed by atoms with Crippen LogP contribution in [0.15, 0.2) is 24.3 Å². The van der Waals surface area contributed by atoms with E-state index >= 15 is 0 Å². The summed E-state index contributed by atoms with van der Waals surface area (Å²) >= 11 is 0. The Bertz CT molecular complexity index is 354. The van der Waals surface area contributed by atoms with Crippen molar-refractivity contribution in [3.05, 3.63) is 30.1 Å². The molecule has 1 unspecified atom stereocenters. The zero-order chi connectivity index (χ0) is 12.1. The van der Waals surface area contributed by atoms with Crippen LogP contribution in [0.2, 0.25) is 0 Å². The minimum atomic E-state index is -0.166. The van der Waals surface area contributed by atoms with Crippen molar-refractivity contribution in [3.63, 3.8) is 0 Å². The molecule has 3 heteroatoms. The summed E-state index contributed by atoms with van der Waals surface area (Å²) in [6.45, 7) is 6.47. The molecule has 1 heterocycles. The molecule has 0 aliphatic carbocycles. The summed E-state index contributed by atoms with van der Waals surface area (Å²) in [6, 6.07) is 6.85. The maximum atomic E-state index is 13.3. The molecule has 1 aliphatic rings. The van der Waals surface area contributed by atoms with Crippen LogP contribution >= 0.6 is 0 Å². The van der Waals surface area contributed by atoms with Gasteiger partial charge < -0.3 is 10.2 Å². The number of nitrogens with one attached hydrogen (secondary N) is 1. The van der Waals surface area contributed by atoms with Crippen molar-refractivity contribution < 1.29 is 4.39 Å². The average molecular weight is 236 g/mol. The summed E-state index contributed by atoms with van der Waals surface area (Å²) in [4.78, 5) is 2.46. The molecule has 0 saturated carbocycles. The van der Waals surface area contributed by atoms with E-state index in [4.69, 9.17) is 0 Å². The van der Waals surface area contributed by atoms with E-state index in [1.807, 2.05) is 6.07 Å². The third kappa shape index (κ3) is 3.43. The zero-order valence-electron chi connectivity index (χ0n) is 10.5. The van der Waals surface area contributed by atoms with Gasteiger partial charge in [0.1, 0.15) is 5.82 Å². The normalized spacial score (nSPS) is 20.7. The number of likely N-dealkylation sites (tertiary alicyclic amines) is 1. The number of para-hydroxylation sites is 1. The minimum Gasteiger partial charge on any atom is -0.381 e. The molecule has 1 aromatic carbocycles. The molecule has 1 aromatic rings. The lowest BCUT2D eigenvalue weighted by Crippen LogP contribution is -2.27. The Morgan fingerprint density at radius 1 is 1.41 bits per heavy atom. The second-order valence-corrected chi connectivity index (χ2v) is 4.77. The Hall–Kier alpha value is -1.09. The van der Waals surface area contributed by atoms with Crippen LogP contribution < -0.4 is 5.32 Å². The fraction of sp³-hybridized carbons (Fsp3) is 0.571. The molecule has 0 spiro atoms. The SMILES string of the molecule is CCC1CCN(CCNc2ccccc2F)C1. The van der Waals surface area contributed by atoms with Gasteiger partial charge in [-0.05, 0) is 31.0 Å². The van der Waals surface area contributed by atoms with Crippen LogP contribution in [0.4, 0.5) is 10.1 Å². The Morgan fingerprint density at radius 2 is 2.24 bits per heavy atom. The van der Waals surface area contributed by atoms with Crippen molar-refractivity contribution in [1.29, 1.82) is 0 Å². The van der Waals surface area contributed by atoms with Crippen molar-refractivity contribution >= 4 is 5.69 Å². The molecule has 2 nitrogen and oxygen atoms in total. The average Bonchev–Trinajstić information content (AvgIpc) is 2.80. The molecule has 2 rings (SSSR count). The molecular formula is C14H21FN2. The van der Waals surface area contributed by atoms with Gasteiger partial charge in [0.2, 0.25) is 0 Å². The lowest BCUT2D eigenvalue weighted by molar-refractivity contribution is 0.335. The number of hydrogen-bond donors (Lipinski definition) is 1. The van der Waals surface area contributed by atoms with Crippen molar-refractivity contribution in [2.24, 2.45) is 5.92 Å². The second kappa shape index (κ2) is 6.01. The second-order valence-electron chi connectivity index (χ2n) is 4.77. The third-order valence-corrected chi connectivity index (χ3v) is 3.56. The molecule has 1 aliphatic heterocycles. The van der Waals surface area contributed by atoms with Gasteiger partial charge in [-0.1, -0.05) is 25.5 Å². The highest BCUT2D eigenvalue weighted by molar-refractivity contribution is 5.44. The summed E-state index contributed by atoms with van der Waals surface area (Å²) in [5.41, 5.74) is 0.610. The van der Waals surface area contributed by atoms with Gasteiger partial charge >= 0.3 is 0 Å². The van der Waals surface area contributed by atoms with Crippen LogP contribution in [0.25, 0.3) is 0 Å². The highest BCUT2D eigenvalue weighted by Crippen LogP contribution is 2.18. The lowest BCUT2D eigenvalue weighted by atomic mass is 10.1. The van der Waals surface area contributed by atoms with E-state index in [0.717, 1.165) is 19.0 Å². The first-order valence-corrected chi connectivity index (χ1v) is 6.50. The standard InChI is InChI=1S/C14H21FN2/c1-2-12-7-9-17(11-12)10-8-16-14-6-4-3-5-13(14)15/h3-6,12,16H,2,7-11H2,1H3. The molecule has 0 amide bonds. The first-order chi connectivity index (χ1) is 8.29. The van der Waals surface area contributed by atoms with Gasteiger partial charge in [-0.25, -0.2) is 4.39 Å². The van der Waals surface area contributed by atoms with Crippen LogP contribution in [-0.4, -0.2) is 31.1 Å². The summed E-state index contributed by atoms with van der Waals surface area (Å²) in [5, 5.41) is 3.16. The van der Waals surface area contributed by atoms with Crippen LogP contribution in [0.3, 0.4) is 0 Å². The fourth-order valence-electron chi connectivity index (χ4n) is 2.40. The van der Waals surface area contributed by atoms with Crippen molar-refractivity contribution in [2.75, 3.05) is 31.5 Å². The van der Waals surface area contributed by atoms with Crippen molar-refractivity contribution in [3.8, 4) is 0 Å². The smallest absolute Gasteiger partial charge is 0.146 e. The number of benzene rings is 1. The minimum absolute atomic E-state index is 0.166. The molecule has 1 saturated heterocycles. The molecule has 17 heavy (non-hydrogen) atoms. The molecular weight excluding hydrogens is 215 g/mol. The number of nitrogens with zero attached hydrogens (tertiary/aromatic N) is 1. The summed E-state index contributed by atoms with van der Waals surface area (Å²) in [7, 11) is 0. The largest absolute Gasteiger partial charge is 0.381 e. The van der Waals surface area contributed by atoms with E-state index in [0.29, 0.717) is 5.69 Å². The van der Waals surface area contributed by atoms with Gasteiger partial charge in [0, 0.05) is 19.6 Å². The predicted molar refractivity (Wildman–Crippen MR) is 69.7 cm³/mol. The summed E-state index contributed by atoms with van der Waals surface area (Å²) in [5.74, 6) is 0.698. The van der Waals surface area contributed by atoms with Crippen molar-refractivity contribution in [2.45, 2.75) is 19.8 Å². The monoisotopic (exact) mass is 236 g/mol. The van der Waals surface area contributed by atoms with E-state index in [1.54, 1.807) is 12.1 Å². The molecule has 94 valence electrons. The zero-order valence-corrected chi connectivity index (χ0v) is 10.5. The predicted octanol–water partition coefficient (Wildman–Crippen LogP) is 2.97. The number of hydrogen-bond acceptors (Lipinski definition) is 2. The van der Waals surface area contributed by atoms with Gasteiger partial charge in [0.15, 0.2) is 0 Å². The third-order valence-electron chi connectivity index (χ3n) is 3.56. The first-order valence-electron chi connectivity index (χ1n) is 6.50. The maximum absolute atomic E-state index is 13.3. The van der Waals surface area contributed by atoms with E-state index in [9.17, 15) is 4.39 Å². The summed E-state index contributed by atoms with van der Waals surface area (Å²) < 4.78 is 13.3. The highest BCUT2D eigenvalue weighted by atomic mass is 19.1. The molecule has 0 aromatic heterocycles. The van der Waals surface area contributed by atoms with Crippen LogP contribution in [0, 0.1) is 11.7 Å². The molecule has 0 bridgehead atoms. The topological polar surface area (TPSA) is 15.3 Å². The van der Waals surface area contributed by atoms with Crippen LogP contribution in [-0.2, 0) is 0 Å². The Labute approximate surface area is 103 Å². The Kier molecular flexibility index (Phi) is 4.37. The molecule has 0 radical (unpaired) electrons. The lowest BCUT2D eigenvalue weighted by Gasteiger charge is -2.16. The van der Waals surface area contributed by atoms with Gasteiger partial charge in [-0.2, -0.15) is 0 Å². The first kappa shape index (κ1) is 12.4. The van der Waals surface area contributed by atoms with Crippen molar-refractivity contribution in [1.82, 2.24) is 4.90 Å². The highest BCUT2D eigenvalue weighted by Gasteiger charge is 2.19. The van der Waals surface area contributed by atoms with Crippen LogP contribution in [0.1, 0.15) is 19.8 Å². The summed E-state index contributed by atoms with van der Waals surface area (Å²) in [6.07, 6.45) is 2.59. The maximum Gasteiger partial charge on any atom is 0.146 e. The molecule has 1 N–H and O–H groups in total. The quantitative estimate of drug-likeness (QED) is 0.845. The molecule has 1 atom stereocenters. The van der Waals surface area contributed by atoms with Gasteiger partial charge in [0.25, 0.3) is 0 Å². The number of halogens is 1. The van der Waals surface area contributed by atoms with Gasteiger partial charge in [-0.3, -0.25) is 0 Å². The Balaban J connectivity index is 1.72. The van der Waals surface area contributed by atoms with E-state index in [2.05, 4.69) is 17.1 Å². The molecule has 1 fully saturated rings. The van der Waals surface area contributed by atoms with Crippen LogP contribution in [0.5, 0.6) is 0 Å². The van der Waals surface area contributed by atoms with E-state index < -0.39 is 0 Å². The number of rotatable bonds is 5. The fourth-order valence-corrected chi connectivity index (χ4v) is 2.40. The number of anilines is 1. The van der Waals surface area contributed by atoms with E-state index in [1.165, 1.54) is 32.0 Å². The van der Waals surface area contributed by atoms with Gasteiger partial charge in [0.05, 0.1) is 5.69 Å². The van der Waals surface area contributed by atoms with Gasteiger partial charge in [-0.15, -0.1) is 0 Å². The Morgan fingerprint density at radius 3 is 2.94 bits per heavy atom.